The quantitative estimate of drug-likeness (QED) is 0.646. The van der Waals surface area contributed by atoms with E-state index in [1.807, 2.05) is 0 Å². The molecule has 0 amide bonds. The molecule has 0 radical (unpaired) electrons. The number of rotatable bonds is 2. The second-order valence-corrected chi connectivity index (χ2v) is 7.03. The Balaban J connectivity index is 1.95. The van der Waals surface area contributed by atoms with Crippen molar-refractivity contribution in [1.29, 1.82) is 0 Å². The highest BCUT2D eigenvalue weighted by atomic mass is 32.2. The van der Waals surface area contributed by atoms with Crippen molar-refractivity contribution in [3.8, 4) is 0 Å². The molecule has 0 aliphatic carbocycles. The van der Waals surface area contributed by atoms with Crippen molar-refractivity contribution in [2.24, 2.45) is 5.92 Å². The van der Waals surface area contributed by atoms with Gasteiger partial charge >= 0.3 is 0 Å². The predicted octanol–water partition coefficient (Wildman–Crippen LogP) is -1.15. The molecule has 2 unspecified atom stereocenters. The van der Waals surface area contributed by atoms with E-state index in [2.05, 4.69) is 4.90 Å². The maximum atomic E-state index is 11.4. The van der Waals surface area contributed by atoms with Crippen molar-refractivity contribution in [2.45, 2.75) is 25.0 Å². The zero-order chi connectivity index (χ0) is 11.8. The van der Waals surface area contributed by atoms with E-state index in [0.29, 0.717) is 5.92 Å². The van der Waals surface area contributed by atoms with Crippen molar-refractivity contribution in [1.82, 2.24) is 4.90 Å². The van der Waals surface area contributed by atoms with Crippen LogP contribution in [-0.4, -0.2) is 66.9 Å². The highest BCUT2D eigenvalue weighted by Gasteiger charge is 2.40. The molecular weight excluding hydrogens is 230 g/mol. The summed E-state index contributed by atoms with van der Waals surface area (Å²) in [6.45, 7) is 1.77. The molecule has 2 N–H and O–H groups in total. The monoisotopic (exact) mass is 249 g/mol. The molecule has 2 rings (SSSR count). The van der Waals surface area contributed by atoms with Crippen LogP contribution in [0.4, 0.5) is 0 Å². The molecule has 0 aromatic heterocycles. The predicted molar refractivity (Wildman–Crippen MR) is 59.8 cm³/mol. The highest BCUT2D eigenvalue weighted by Crippen LogP contribution is 2.24. The Morgan fingerprint density at radius 3 is 2.25 bits per heavy atom. The van der Waals surface area contributed by atoms with Gasteiger partial charge in [-0.15, -0.1) is 0 Å². The van der Waals surface area contributed by atoms with E-state index in [4.69, 9.17) is 5.11 Å². The Morgan fingerprint density at radius 1 is 1.19 bits per heavy atom. The van der Waals surface area contributed by atoms with Gasteiger partial charge < -0.3 is 10.2 Å². The number of aliphatic hydroxyl groups is 2. The molecule has 2 saturated heterocycles. The standard InChI is InChI=1S/C10H19NO4S/c12-5-8-1-3-11(4-2-8)9-6-16(14,15)7-10(9)13/h8-10,12-13H,1-7H2. The molecule has 0 aromatic rings. The lowest BCUT2D eigenvalue weighted by Crippen LogP contribution is -2.47. The minimum atomic E-state index is -3.05. The third kappa shape index (κ3) is 2.56. The van der Waals surface area contributed by atoms with Gasteiger partial charge in [-0.1, -0.05) is 0 Å². The van der Waals surface area contributed by atoms with Crippen LogP contribution in [0.1, 0.15) is 12.8 Å². The van der Waals surface area contributed by atoms with Crippen molar-refractivity contribution >= 4 is 9.84 Å². The Kier molecular flexibility index (Phi) is 3.53. The smallest absolute Gasteiger partial charge is 0.154 e. The molecule has 2 aliphatic heterocycles. The molecule has 2 atom stereocenters. The van der Waals surface area contributed by atoms with Crippen LogP contribution in [0.15, 0.2) is 0 Å². The second kappa shape index (κ2) is 4.60. The van der Waals surface area contributed by atoms with Gasteiger partial charge in [0.1, 0.15) is 0 Å². The van der Waals surface area contributed by atoms with E-state index in [1.54, 1.807) is 0 Å². The Bertz CT molecular complexity index is 335. The number of hydrogen-bond donors (Lipinski definition) is 2. The molecule has 0 bridgehead atoms. The average Bonchev–Trinajstić information content (AvgIpc) is 2.52. The van der Waals surface area contributed by atoms with Crippen molar-refractivity contribution in [3.05, 3.63) is 0 Å². The molecule has 0 spiro atoms. The molecule has 0 aromatic carbocycles. The fraction of sp³-hybridized carbons (Fsp3) is 1.00. The Morgan fingerprint density at radius 2 is 1.81 bits per heavy atom. The summed E-state index contributed by atoms with van der Waals surface area (Å²) in [4.78, 5) is 2.06. The lowest BCUT2D eigenvalue weighted by Gasteiger charge is -2.36. The van der Waals surface area contributed by atoms with Crippen LogP contribution in [0.2, 0.25) is 0 Å². The van der Waals surface area contributed by atoms with Crippen LogP contribution < -0.4 is 0 Å². The average molecular weight is 249 g/mol. The first-order valence-electron chi connectivity index (χ1n) is 5.75. The number of aliphatic hydroxyl groups excluding tert-OH is 2. The van der Waals surface area contributed by atoms with Crippen LogP contribution in [0.25, 0.3) is 0 Å². The zero-order valence-electron chi connectivity index (χ0n) is 9.25. The number of likely N-dealkylation sites (tertiary alicyclic amines) is 1. The number of sulfone groups is 1. The highest BCUT2D eigenvalue weighted by molar-refractivity contribution is 7.91. The molecule has 16 heavy (non-hydrogen) atoms. The third-order valence-electron chi connectivity index (χ3n) is 3.67. The zero-order valence-corrected chi connectivity index (χ0v) is 10.1. The van der Waals surface area contributed by atoms with E-state index in [1.165, 1.54) is 0 Å². The largest absolute Gasteiger partial charge is 0.396 e. The fourth-order valence-corrected chi connectivity index (χ4v) is 4.46. The fourth-order valence-electron chi connectivity index (χ4n) is 2.63. The summed E-state index contributed by atoms with van der Waals surface area (Å²) in [7, 11) is -3.05. The van der Waals surface area contributed by atoms with Crippen molar-refractivity contribution < 1.29 is 18.6 Å². The van der Waals surface area contributed by atoms with Gasteiger partial charge in [0.2, 0.25) is 0 Å². The van der Waals surface area contributed by atoms with E-state index in [9.17, 15) is 13.5 Å². The van der Waals surface area contributed by atoms with Crippen molar-refractivity contribution in [3.63, 3.8) is 0 Å². The Labute approximate surface area is 96.0 Å². The normalized spacial score (nSPS) is 36.6. The molecule has 5 nitrogen and oxygen atoms in total. The van der Waals surface area contributed by atoms with Gasteiger partial charge in [-0.25, -0.2) is 8.42 Å². The molecule has 2 fully saturated rings. The lowest BCUT2D eigenvalue weighted by atomic mass is 9.96. The van der Waals surface area contributed by atoms with Crippen molar-refractivity contribution in [2.75, 3.05) is 31.2 Å². The Hall–Kier alpha value is -0.170. The minimum absolute atomic E-state index is 0.0813. The van der Waals surface area contributed by atoms with Crippen LogP contribution in [-0.2, 0) is 9.84 Å². The first-order valence-corrected chi connectivity index (χ1v) is 7.57. The van der Waals surface area contributed by atoms with Gasteiger partial charge in [-0.2, -0.15) is 0 Å². The first-order chi connectivity index (χ1) is 7.52. The molecule has 6 heteroatoms. The van der Waals surface area contributed by atoms with Crippen LogP contribution >= 0.6 is 0 Å². The molecule has 94 valence electrons. The van der Waals surface area contributed by atoms with Gasteiger partial charge in [0, 0.05) is 6.61 Å². The summed E-state index contributed by atoms with van der Waals surface area (Å²) in [6, 6.07) is -0.232. The summed E-state index contributed by atoms with van der Waals surface area (Å²) >= 11 is 0. The van der Waals surface area contributed by atoms with Gasteiger partial charge in [0.15, 0.2) is 9.84 Å². The van der Waals surface area contributed by atoms with Crippen LogP contribution in [0.5, 0.6) is 0 Å². The number of piperidine rings is 1. The molecule has 0 saturated carbocycles. The van der Waals surface area contributed by atoms with Gasteiger partial charge in [0.05, 0.1) is 23.7 Å². The van der Waals surface area contributed by atoms with Crippen LogP contribution in [0, 0.1) is 5.92 Å². The first kappa shape index (κ1) is 12.3. The summed E-state index contributed by atoms with van der Waals surface area (Å²) in [5.74, 6) is 0.321. The SMILES string of the molecule is O=S1(=O)CC(O)C(N2CCC(CO)CC2)C1. The topological polar surface area (TPSA) is 77.8 Å². The van der Waals surface area contributed by atoms with Gasteiger partial charge in [0.25, 0.3) is 0 Å². The third-order valence-corrected chi connectivity index (χ3v) is 5.37. The maximum Gasteiger partial charge on any atom is 0.154 e. The summed E-state index contributed by atoms with van der Waals surface area (Å²) in [5, 5.41) is 18.7. The summed E-state index contributed by atoms with van der Waals surface area (Å²) in [6.07, 6.45) is 1.04. The van der Waals surface area contributed by atoms with E-state index < -0.39 is 15.9 Å². The number of nitrogens with zero attached hydrogens (tertiary/aromatic N) is 1. The maximum absolute atomic E-state index is 11.4. The number of hydrogen-bond acceptors (Lipinski definition) is 5. The molecular formula is C10H19NO4S. The molecule has 2 aliphatic rings. The lowest BCUT2D eigenvalue weighted by molar-refractivity contribution is 0.0487. The van der Waals surface area contributed by atoms with E-state index in [-0.39, 0.29) is 24.2 Å². The summed E-state index contributed by atoms with van der Waals surface area (Å²) in [5.41, 5.74) is 0. The minimum Gasteiger partial charge on any atom is -0.396 e. The van der Waals surface area contributed by atoms with E-state index in [0.717, 1.165) is 25.9 Å². The van der Waals surface area contributed by atoms with Gasteiger partial charge in [-0.05, 0) is 31.8 Å². The van der Waals surface area contributed by atoms with Gasteiger partial charge in [-0.3, -0.25) is 4.90 Å². The van der Waals surface area contributed by atoms with E-state index >= 15 is 0 Å². The molecule has 2 heterocycles. The summed E-state index contributed by atoms with van der Waals surface area (Å²) < 4.78 is 22.8. The second-order valence-electron chi connectivity index (χ2n) is 4.87. The van der Waals surface area contributed by atoms with Crippen LogP contribution in [0.3, 0.4) is 0 Å².